The van der Waals surface area contributed by atoms with Gasteiger partial charge < -0.3 is 19.9 Å². The first-order valence-electron chi connectivity index (χ1n) is 7.35. The maximum atomic E-state index is 12.0. The number of ether oxygens (including phenoxy) is 1. The van der Waals surface area contributed by atoms with E-state index in [0.29, 0.717) is 16.5 Å². The summed E-state index contributed by atoms with van der Waals surface area (Å²) in [5.41, 5.74) is 0.488. The second kappa shape index (κ2) is 6.14. The number of rotatable bonds is 3. The van der Waals surface area contributed by atoms with E-state index in [1.807, 2.05) is 13.8 Å². The summed E-state index contributed by atoms with van der Waals surface area (Å²) in [5, 5.41) is 20.1. The zero-order valence-corrected chi connectivity index (χ0v) is 14.1. The molecule has 0 atom stereocenters. The van der Waals surface area contributed by atoms with Crippen LogP contribution >= 0.6 is 11.6 Å². The number of aromatic hydroxyl groups is 1. The van der Waals surface area contributed by atoms with Crippen molar-refractivity contribution in [2.75, 3.05) is 0 Å². The number of fused-ring (bicyclic) bond motifs is 1. The van der Waals surface area contributed by atoms with E-state index < -0.39 is 23.0 Å². The Hall–Kier alpha value is -2.99. The Bertz CT molecular complexity index is 1050. The average Bonchev–Trinajstić information content (AvgIpc) is 2.54. The van der Waals surface area contributed by atoms with Crippen LogP contribution in [0.25, 0.3) is 10.8 Å². The zero-order valence-electron chi connectivity index (χ0n) is 13.4. The molecule has 1 heterocycles. The van der Waals surface area contributed by atoms with Gasteiger partial charge in [-0.05, 0) is 55.3 Å². The monoisotopic (exact) mass is 359 g/mol. The van der Waals surface area contributed by atoms with Crippen LogP contribution in [0.5, 0.6) is 17.2 Å². The number of aryl methyl sites for hydroxylation is 2. The number of aromatic nitrogens is 1. The van der Waals surface area contributed by atoms with Crippen molar-refractivity contribution in [2.45, 2.75) is 13.8 Å². The lowest BCUT2D eigenvalue weighted by Gasteiger charge is -2.13. The number of nitrogens with one attached hydrogen (secondary N) is 1. The van der Waals surface area contributed by atoms with Crippen LogP contribution in [0.2, 0.25) is 5.02 Å². The normalized spacial score (nSPS) is 10.8. The van der Waals surface area contributed by atoms with Crippen molar-refractivity contribution in [1.82, 2.24) is 4.98 Å². The Kier molecular flexibility index (Phi) is 4.14. The number of carboxylic acids is 1. The van der Waals surface area contributed by atoms with Crippen LogP contribution in [0.15, 0.2) is 35.1 Å². The molecular formula is C18H14ClNO5. The third-order valence-corrected chi connectivity index (χ3v) is 4.04. The Balaban J connectivity index is 2.15. The van der Waals surface area contributed by atoms with Crippen LogP contribution in [0.4, 0.5) is 0 Å². The lowest BCUT2D eigenvalue weighted by molar-refractivity contribution is 0.0687. The summed E-state index contributed by atoms with van der Waals surface area (Å²) in [6.07, 6.45) is 0. The summed E-state index contributed by atoms with van der Waals surface area (Å²) in [6.45, 7) is 3.69. The van der Waals surface area contributed by atoms with Gasteiger partial charge in [-0.1, -0.05) is 11.6 Å². The number of pyridine rings is 1. The molecule has 0 radical (unpaired) electrons. The molecule has 3 rings (SSSR count). The van der Waals surface area contributed by atoms with Gasteiger partial charge in [0.05, 0.1) is 5.39 Å². The molecule has 0 aliphatic carbocycles. The molecule has 6 nitrogen and oxygen atoms in total. The predicted octanol–water partition coefficient (Wildman–Crippen LogP) is 3.99. The molecule has 3 aromatic rings. The van der Waals surface area contributed by atoms with Gasteiger partial charge in [-0.3, -0.25) is 4.79 Å². The number of aromatic carboxylic acids is 1. The van der Waals surface area contributed by atoms with Crippen molar-refractivity contribution >= 4 is 28.3 Å². The third-order valence-electron chi connectivity index (χ3n) is 3.82. The van der Waals surface area contributed by atoms with Gasteiger partial charge in [0, 0.05) is 10.4 Å². The van der Waals surface area contributed by atoms with Crippen molar-refractivity contribution in [3.8, 4) is 17.2 Å². The highest BCUT2D eigenvalue weighted by atomic mass is 35.5. The van der Waals surface area contributed by atoms with Crippen molar-refractivity contribution in [3.63, 3.8) is 0 Å². The molecule has 0 unspecified atom stereocenters. The van der Waals surface area contributed by atoms with E-state index in [-0.39, 0.29) is 10.8 Å². The zero-order chi connectivity index (χ0) is 18.3. The SMILES string of the molecule is Cc1cc(Cl)cc(C)c1Oc1ccc2c(=O)[nH]c(C(=O)O)c(O)c2c1. The number of carbonyl (C=O) groups is 1. The van der Waals surface area contributed by atoms with Crippen LogP contribution in [-0.4, -0.2) is 21.2 Å². The highest BCUT2D eigenvalue weighted by Crippen LogP contribution is 2.34. The average molecular weight is 360 g/mol. The summed E-state index contributed by atoms with van der Waals surface area (Å²) < 4.78 is 5.87. The Morgan fingerprint density at radius 1 is 1.12 bits per heavy atom. The number of halogens is 1. The number of hydrogen-bond donors (Lipinski definition) is 3. The van der Waals surface area contributed by atoms with Gasteiger partial charge in [-0.15, -0.1) is 0 Å². The van der Waals surface area contributed by atoms with Gasteiger partial charge >= 0.3 is 5.97 Å². The highest BCUT2D eigenvalue weighted by molar-refractivity contribution is 6.30. The smallest absolute Gasteiger partial charge is 0.356 e. The lowest BCUT2D eigenvalue weighted by Crippen LogP contribution is -2.13. The van der Waals surface area contributed by atoms with Crippen LogP contribution in [-0.2, 0) is 0 Å². The van der Waals surface area contributed by atoms with Crippen molar-refractivity contribution in [2.24, 2.45) is 0 Å². The summed E-state index contributed by atoms with van der Waals surface area (Å²) in [6, 6.07) is 7.99. The molecule has 1 aromatic heterocycles. The molecule has 0 saturated carbocycles. The van der Waals surface area contributed by atoms with E-state index in [0.717, 1.165) is 11.1 Å². The first-order chi connectivity index (χ1) is 11.8. The quantitative estimate of drug-likeness (QED) is 0.656. The molecule has 0 aliphatic heterocycles. The first-order valence-corrected chi connectivity index (χ1v) is 7.72. The summed E-state index contributed by atoms with van der Waals surface area (Å²) in [5.74, 6) is -0.978. The fourth-order valence-electron chi connectivity index (χ4n) is 2.69. The summed E-state index contributed by atoms with van der Waals surface area (Å²) in [7, 11) is 0. The van der Waals surface area contributed by atoms with Gasteiger partial charge in [0.25, 0.3) is 5.56 Å². The topological polar surface area (TPSA) is 99.6 Å². The van der Waals surface area contributed by atoms with Gasteiger partial charge in [0.2, 0.25) is 0 Å². The summed E-state index contributed by atoms with van der Waals surface area (Å²) >= 11 is 6.01. The first kappa shape index (κ1) is 16.9. The van der Waals surface area contributed by atoms with Crippen molar-refractivity contribution in [3.05, 3.63) is 62.5 Å². The predicted molar refractivity (Wildman–Crippen MR) is 94.2 cm³/mol. The molecule has 128 valence electrons. The van der Waals surface area contributed by atoms with Crippen molar-refractivity contribution < 1.29 is 19.7 Å². The van der Waals surface area contributed by atoms with Crippen LogP contribution in [0.1, 0.15) is 21.6 Å². The number of benzene rings is 2. The van der Waals surface area contributed by atoms with E-state index in [4.69, 9.17) is 21.4 Å². The second-order valence-corrected chi connectivity index (χ2v) is 6.10. The van der Waals surface area contributed by atoms with Gasteiger partial charge in [0.15, 0.2) is 11.4 Å². The molecule has 0 bridgehead atoms. The fraction of sp³-hybridized carbons (Fsp3) is 0.111. The van der Waals surface area contributed by atoms with Gasteiger partial charge in [-0.25, -0.2) is 4.79 Å². The molecular weight excluding hydrogens is 346 g/mol. The second-order valence-electron chi connectivity index (χ2n) is 5.66. The van der Waals surface area contributed by atoms with E-state index in [9.17, 15) is 14.7 Å². The van der Waals surface area contributed by atoms with Crippen LogP contribution < -0.4 is 10.3 Å². The molecule has 0 spiro atoms. The minimum atomic E-state index is -1.42. The number of aromatic amines is 1. The molecule has 25 heavy (non-hydrogen) atoms. The fourth-order valence-corrected chi connectivity index (χ4v) is 3.01. The van der Waals surface area contributed by atoms with E-state index in [2.05, 4.69) is 4.98 Å². The maximum Gasteiger partial charge on any atom is 0.356 e. The lowest BCUT2D eigenvalue weighted by atomic mass is 10.1. The molecule has 2 aromatic carbocycles. The van der Waals surface area contributed by atoms with E-state index in [1.165, 1.54) is 12.1 Å². The molecule has 0 amide bonds. The van der Waals surface area contributed by atoms with Gasteiger partial charge in [0.1, 0.15) is 11.5 Å². The van der Waals surface area contributed by atoms with Crippen molar-refractivity contribution in [1.29, 1.82) is 0 Å². The van der Waals surface area contributed by atoms with Crippen LogP contribution in [0.3, 0.4) is 0 Å². The Morgan fingerprint density at radius 3 is 2.36 bits per heavy atom. The van der Waals surface area contributed by atoms with Crippen LogP contribution in [0, 0.1) is 13.8 Å². The maximum absolute atomic E-state index is 12.0. The third kappa shape index (κ3) is 3.04. The largest absolute Gasteiger partial charge is 0.505 e. The highest BCUT2D eigenvalue weighted by Gasteiger charge is 2.17. The standard InChI is InChI=1S/C18H14ClNO5/c1-8-5-10(19)6-9(2)16(8)25-11-3-4-12-13(7-11)15(21)14(18(23)24)20-17(12)22/h3-7,21H,1-2H3,(H,20,22)(H,23,24). The summed E-state index contributed by atoms with van der Waals surface area (Å²) in [4.78, 5) is 25.3. The number of carboxylic acid groups (broad SMARTS) is 1. The Morgan fingerprint density at radius 2 is 1.76 bits per heavy atom. The molecule has 0 fully saturated rings. The molecule has 3 N–H and O–H groups in total. The number of hydrogen-bond acceptors (Lipinski definition) is 4. The van der Waals surface area contributed by atoms with E-state index >= 15 is 0 Å². The molecule has 0 aliphatic rings. The minimum absolute atomic E-state index is 0.0999. The van der Waals surface area contributed by atoms with Gasteiger partial charge in [-0.2, -0.15) is 0 Å². The number of H-pyrrole nitrogens is 1. The molecule has 0 saturated heterocycles. The minimum Gasteiger partial charge on any atom is -0.505 e. The molecule has 7 heteroatoms. The van der Waals surface area contributed by atoms with E-state index in [1.54, 1.807) is 18.2 Å². The Labute approximate surface area is 147 Å².